The molecule has 2 aromatic heterocycles. The largest absolute Gasteiger partial charge is 0.505 e. The molecule has 5 heteroatoms. The smallest absolute Gasteiger partial charge is 0.272 e. The summed E-state index contributed by atoms with van der Waals surface area (Å²) in [5.41, 5.74) is 2.39. The molecule has 0 aliphatic rings. The Hall–Kier alpha value is -2.92. The van der Waals surface area contributed by atoms with E-state index >= 15 is 0 Å². The van der Waals surface area contributed by atoms with Gasteiger partial charge in [-0.1, -0.05) is 52.3 Å². The molecule has 0 bridgehead atoms. The Morgan fingerprint density at radius 1 is 0.923 bits per heavy atom. The number of pyridine rings is 2. The number of rotatable bonds is 4. The van der Waals surface area contributed by atoms with Gasteiger partial charge in [-0.15, -0.1) is 0 Å². The van der Waals surface area contributed by atoms with Crippen molar-refractivity contribution in [2.45, 2.75) is 6.04 Å². The topological polar surface area (TPSA) is 59.3 Å². The number of H-pyrrole nitrogens is 1. The maximum atomic E-state index is 10.9. The number of nitrogens with zero attached hydrogens (tertiary/aromatic N) is 1. The van der Waals surface area contributed by atoms with Gasteiger partial charge >= 0.3 is 0 Å². The molecule has 4 aromatic rings. The number of benzene rings is 2. The molecule has 0 aliphatic heterocycles. The van der Waals surface area contributed by atoms with E-state index in [0.29, 0.717) is 5.52 Å². The second kappa shape index (κ2) is 7.14. The van der Waals surface area contributed by atoms with Gasteiger partial charge in [-0.3, -0.25) is 10.3 Å². The first-order valence-electron chi connectivity index (χ1n) is 8.28. The van der Waals surface area contributed by atoms with Gasteiger partial charge in [0.25, 0.3) is 5.82 Å². The van der Waals surface area contributed by atoms with Crippen LogP contribution in [-0.4, -0.2) is 10.1 Å². The van der Waals surface area contributed by atoms with Gasteiger partial charge in [0.2, 0.25) is 0 Å². The van der Waals surface area contributed by atoms with Crippen molar-refractivity contribution in [3.63, 3.8) is 0 Å². The highest BCUT2D eigenvalue weighted by atomic mass is 79.9. The van der Waals surface area contributed by atoms with E-state index in [1.165, 1.54) is 0 Å². The minimum Gasteiger partial charge on any atom is -0.505 e. The molecule has 2 heterocycles. The zero-order chi connectivity index (χ0) is 17.9. The van der Waals surface area contributed by atoms with Crippen molar-refractivity contribution in [1.82, 2.24) is 4.98 Å². The van der Waals surface area contributed by atoms with E-state index in [9.17, 15) is 5.11 Å². The van der Waals surface area contributed by atoms with Gasteiger partial charge in [0.05, 0.1) is 6.20 Å². The molecule has 2 aromatic carbocycles. The van der Waals surface area contributed by atoms with Crippen LogP contribution >= 0.6 is 15.9 Å². The summed E-state index contributed by atoms with van der Waals surface area (Å²) in [4.78, 5) is 7.54. The van der Waals surface area contributed by atoms with Crippen LogP contribution in [0.1, 0.15) is 17.2 Å². The number of phenolic OH excluding ortho intramolecular Hbond substituents is 1. The monoisotopic (exact) mass is 406 g/mol. The third-order valence-electron chi connectivity index (χ3n) is 4.32. The second-order valence-electron chi connectivity index (χ2n) is 5.95. The van der Waals surface area contributed by atoms with Crippen LogP contribution < -0.4 is 10.3 Å². The molecule has 1 atom stereocenters. The highest BCUT2D eigenvalue weighted by molar-refractivity contribution is 9.10. The third-order valence-corrected chi connectivity index (χ3v) is 5.04. The molecule has 26 heavy (non-hydrogen) atoms. The maximum Gasteiger partial charge on any atom is 0.272 e. The number of hydrogen-bond donors (Lipinski definition) is 2. The molecule has 3 N–H and O–H groups in total. The Labute approximate surface area is 159 Å². The fourth-order valence-electron chi connectivity index (χ4n) is 3.05. The Morgan fingerprint density at radius 3 is 2.58 bits per heavy atom. The predicted molar refractivity (Wildman–Crippen MR) is 106 cm³/mol. The summed E-state index contributed by atoms with van der Waals surface area (Å²) >= 11 is 3.63. The van der Waals surface area contributed by atoms with Crippen LogP contribution in [0.3, 0.4) is 0 Å². The Morgan fingerprint density at radius 2 is 1.77 bits per heavy atom. The molecule has 0 unspecified atom stereocenters. The van der Waals surface area contributed by atoms with Crippen molar-refractivity contribution in [2.75, 3.05) is 5.32 Å². The first kappa shape index (κ1) is 16.5. The second-order valence-corrected chi connectivity index (χ2v) is 6.81. The number of fused-ring (bicyclic) bond motifs is 1. The lowest BCUT2D eigenvalue weighted by molar-refractivity contribution is -0.361. The average molecular weight is 407 g/mol. The maximum absolute atomic E-state index is 10.9. The van der Waals surface area contributed by atoms with E-state index in [1.54, 1.807) is 6.20 Å². The number of aromatic amines is 1. The lowest BCUT2D eigenvalue weighted by Crippen LogP contribution is -2.19. The van der Waals surface area contributed by atoms with Crippen LogP contribution in [0.4, 0.5) is 5.82 Å². The number of hydrogen-bond acceptors (Lipinski definition) is 3. The number of phenols is 1. The molecule has 128 valence electrons. The first-order chi connectivity index (χ1) is 12.7. The fraction of sp³-hybridized carbons (Fsp3) is 0.0476. The molecule has 0 saturated carbocycles. The van der Waals surface area contributed by atoms with Crippen molar-refractivity contribution in [1.29, 1.82) is 0 Å². The van der Waals surface area contributed by atoms with Gasteiger partial charge in [-0.25, -0.2) is 4.98 Å². The molecule has 0 radical (unpaired) electrons. The summed E-state index contributed by atoms with van der Waals surface area (Å²) in [5.74, 6) is 1.04. The van der Waals surface area contributed by atoms with Crippen molar-refractivity contribution in [3.8, 4) is 5.75 Å². The van der Waals surface area contributed by atoms with Crippen molar-refractivity contribution in [3.05, 3.63) is 94.7 Å². The number of aromatic nitrogens is 2. The van der Waals surface area contributed by atoms with Gasteiger partial charge in [-0.2, -0.15) is 0 Å². The highest BCUT2D eigenvalue weighted by Crippen LogP contribution is 2.38. The van der Waals surface area contributed by atoms with Gasteiger partial charge in [0.1, 0.15) is 17.3 Å². The standard InChI is InChI=1S/C21H16BrN3O/c22-17-8-2-1-7-15(17)20(25-18-9-3-4-12-23-18)16-11-10-14-6-5-13-24-19(14)21(16)26/h1-13,20,26H,(H,23,25)/p+1/t20-/m0/s1. The van der Waals surface area contributed by atoms with Crippen molar-refractivity contribution in [2.24, 2.45) is 0 Å². The SMILES string of the molecule is Oc1c([C@@H](Nc2cccc[nH+]2)c2ccccc2Br)ccc2cccnc12. The zero-order valence-electron chi connectivity index (χ0n) is 13.9. The predicted octanol–water partition coefficient (Wildman–Crippen LogP) is 4.72. The van der Waals surface area contributed by atoms with Crippen LogP contribution in [0.2, 0.25) is 0 Å². The normalized spacial score (nSPS) is 12.0. The molecule has 4 rings (SSSR count). The lowest BCUT2D eigenvalue weighted by atomic mass is 9.96. The number of nitrogens with one attached hydrogen (secondary N) is 2. The molecule has 0 saturated heterocycles. The van der Waals surface area contributed by atoms with Crippen LogP contribution in [0.25, 0.3) is 10.9 Å². The summed E-state index contributed by atoms with van der Waals surface area (Å²) in [7, 11) is 0. The van der Waals surface area contributed by atoms with Crippen LogP contribution in [0, 0.1) is 0 Å². The van der Waals surface area contributed by atoms with E-state index in [2.05, 4.69) is 31.2 Å². The highest BCUT2D eigenvalue weighted by Gasteiger charge is 2.25. The molecule has 4 nitrogen and oxygen atoms in total. The van der Waals surface area contributed by atoms with Crippen molar-refractivity contribution >= 4 is 32.7 Å². The number of anilines is 1. The molecule has 0 aliphatic carbocycles. The minimum atomic E-state index is -0.254. The van der Waals surface area contributed by atoms with Crippen LogP contribution in [0.5, 0.6) is 5.75 Å². The number of aromatic hydroxyl groups is 1. The Kier molecular flexibility index (Phi) is 4.54. The summed E-state index contributed by atoms with van der Waals surface area (Å²) in [6.07, 6.45) is 3.55. The van der Waals surface area contributed by atoms with E-state index in [-0.39, 0.29) is 11.8 Å². The zero-order valence-corrected chi connectivity index (χ0v) is 15.4. The van der Waals surface area contributed by atoms with E-state index < -0.39 is 0 Å². The van der Waals surface area contributed by atoms with Gasteiger partial charge in [-0.05, 0) is 24.3 Å². The van der Waals surface area contributed by atoms with Crippen molar-refractivity contribution < 1.29 is 10.1 Å². The molecule has 0 amide bonds. The van der Waals surface area contributed by atoms with E-state index in [0.717, 1.165) is 26.8 Å². The van der Waals surface area contributed by atoms with Crippen LogP contribution in [0.15, 0.2) is 83.6 Å². The molecule has 0 spiro atoms. The quantitative estimate of drug-likeness (QED) is 0.515. The Balaban J connectivity index is 1.88. The van der Waals surface area contributed by atoms with Crippen LogP contribution in [-0.2, 0) is 0 Å². The fourth-order valence-corrected chi connectivity index (χ4v) is 3.56. The molecular weight excluding hydrogens is 390 g/mol. The van der Waals surface area contributed by atoms with E-state index in [1.807, 2.05) is 72.9 Å². The lowest BCUT2D eigenvalue weighted by Gasteiger charge is -2.18. The third kappa shape index (κ3) is 3.13. The van der Waals surface area contributed by atoms with Gasteiger partial charge in [0, 0.05) is 33.2 Å². The summed E-state index contributed by atoms with van der Waals surface area (Å²) in [5, 5.41) is 15.3. The van der Waals surface area contributed by atoms with Gasteiger partial charge < -0.3 is 5.11 Å². The number of halogens is 1. The average Bonchev–Trinajstić information content (AvgIpc) is 2.68. The first-order valence-corrected chi connectivity index (χ1v) is 9.07. The summed E-state index contributed by atoms with van der Waals surface area (Å²) < 4.78 is 0.967. The molecular formula is C21H17BrN3O+. The van der Waals surface area contributed by atoms with E-state index in [4.69, 9.17) is 0 Å². The summed E-state index contributed by atoms with van der Waals surface area (Å²) in [6.45, 7) is 0. The summed E-state index contributed by atoms with van der Waals surface area (Å²) in [6, 6.07) is 21.3. The minimum absolute atomic E-state index is 0.187. The molecule has 0 fully saturated rings. The Bertz CT molecular complexity index is 1050. The van der Waals surface area contributed by atoms with Gasteiger partial charge in [0.15, 0.2) is 0 Å².